The number of amides is 3. The van der Waals surface area contributed by atoms with Crippen LogP contribution < -0.4 is 14.8 Å². The highest BCUT2D eigenvalue weighted by Crippen LogP contribution is 2.19. The molecule has 1 heterocycles. The Morgan fingerprint density at radius 1 is 0.895 bits per heavy atom. The molecule has 0 aliphatic carbocycles. The topological polar surface area (TPSA) is 135 Å². The van der Waals surface area contributed by atoms with Crippen LogP contribution in [0.2, 0.25) is 0 Å². The van der Waals surface area contributed by atoms with E-state index in [1.807, 2.05) is 6.07 Å². The number of rotatable bonds is 12. The Kier molecular flexibility index (Phi) is 10.8. The average molecular weight is 528 g/mol. The predicted molar refractivity (Wildman–Crippen MR) is 137 cm³/mol. The van der Waals surface area contributed by atoms with Gasteiger partial charge in [-0.3, -0.25) is 9.59 Å². The molecule has 1 atom stereocenters. The number of benzene rings is 2. The molecule has 3 rings (SSSR count). The largest absolute Gasteiger partial charge is 0.497 e. The van der Waals surface area contributed by atoms with Crippen molar-refractivity contribution in [2.24, 2.45) is 0 Å². The minimum Gasteiger partial charge on any atom is -0.497 e. The molecule has 1 aliphatic rings. The molecule has 38 heavy (non-hydrogen) atoms. The quantitative estimate of drug-likeness (QED) is 0.429. The molecule has 0 spiro atoms. The minimum atomic E-state index is -1.25. The fourth-order valence-electron chi connectivity index (χ4n) is 3.90. The maximum Gasteiger partial charge on any atom is 0.408 e. The van der Waals surface area contributed by atoms with E-state index >= 15 is 0 Å². The number of hydrogen-bond acceptors (Lipinski definition) is 7. The first-order valence-electron chi connectivity index (χ1n) is 12.4. The second kappa shape index (κ2) is 14.5. The summed E-state index contributed by atoms with van der Waals surface area (Å²) in [6, 6.07) is 14.9. The van der Waals surface area contributed by atoms with Crippen molar-refractivity contribution in [1.82, 2.24) is 15.1 Å². The van der Waals surface area contributed by atoms with E-state index < -0.39 is 18.1 Å². The first-order chi connectivity index (χ1) is 18.4. The summed E-state index contributed by atoms with van der Waals surface area (Å²) in [5.74, 6) is -0.261. The molecule has 0 saturated carbocycles. The van der Waals surface area contributed by atoms with Crippen LogP contribution in [0, 0.1) is 0 Å². The van der Waals surface area contributed by atoms with Gasteiger partial charge >= 0.3 is 12.1 Å². The Labute approximate surface area is 221 Å². The van der Waals surface area contributed by atoms with Crippen molar-refractivity contribution in [1.29, 1.82) is 0 Å². The van der Waals surface area contributed by atoms with Crippen LogP contribution in [0.3, 0.4) is 0 Å². The zero-order chi connectivity index (χ0) is 27.3. The van der Waals surface area contributed by atoms with Gasteiger partial charge < -0.3 is 34.4 Å². The van der Waals surface area contributed by atoms with E-state index in [0.717, 1.165) is 5.56 Å². The fourth-order valence-corrected chi connectivity index (χ4v) is 3.90. The summed E-state index contributed by atoms with van der Waals surface area (Å²) in [6.45, 7) is 1.71. The Morgan fingerprint density at radius 2 is 1.53 bits per heavy atom. The van der Waals surface area contributed by atoms with Gasteiger partial charge in [0.1, 0.15) is 24.1 Å². The fraction of sp³-hybridized carbons (Fsp3) is 0.407. The highest BCUT2D eigenvalue weighted by atomic mass is 16.5. The average Bonchev–Trinajstić information content (AvgIpc) is 2.94. The summed E-state index contributed by atoms with van der Waals surface area (Å²) in [6.07, 6.45) is -0.790. The molecule has 1 aliphatic heterocycles. The third kappa shape index (κ3) is 8.99. The standard InChI is InChI=1S/C27H33N3O8/c1-36-21-8-5-9-22(18-21)37-17-12-25(32)30-15-13-29(14-16-30)24(31)11-10-23(26(33)34)28-27(35)38-19-20-6-3-2-4-7-20/h2-9,18,23H,10-17,19H2,1H3,(H,28,35)(H,33,34)/t23-/m0/s1. The molecule has 0 aromatic heterocycles. The Balaban J connectivity index is 1.35. The normalized spacial score (nSPS) is 13.8. The van der Waals surface area contributed by atoms with Crippen molar-refractivity contribution in [3.05, 3.63) is 60.2 Å². The number of hydrogen-bond donors (Lipinski definition) is 2. The number of carboxylic acids is 1. The van der Waals surface area contributed by atoms with E-state index in [9.17, 15) is 24.3 Å². The number of carbonyl (C=O) groups excluding carboxylic acids is 3. The minimum absolute atomic E-state index is 0.00801. The zero-order valence-electron chi connectivity index (χ0n) is 21.3. The van der Waals surface area contributed by atoms with Crippen molar-refractivity contribution in [3.8, 4) is 11.5 Å². The zero-order valence-corrected chi connectivity index (χ0v) is 21.3. The van der Waals surface area contributed by atoms with Gasteiger partial charge in [0, 0.05) is 38.7 Å². The first kappa shape index (κ1) is 28.3. The van der Waals surface area contributed by atoms with Crippen LogP contribution in [0.1, 0.15) is 24.8 Å². The molecule has 2 N–H and O–H groups in total. The highest BCUT2D eigenvalue weighted by molar-refractivity contribution is 5.82. The van der Waals surface area contributed by atoms with Crippen LogP contribution in [0.15, 0.2) is 54.6 Å². The molecule has 0 radical (unpaired) electrons. The summed E-state index contributed by atoms with van der Waals surface area (Å²) in [4.78, 5) is 52.0. The summed E-state index contributed by atoms with van der Waals surface area (Å²) in [5.41, 5.74) is 0.770. The molecule has 11 heteroatoms. The Morgan fingerprint density at radius 3 is 2.16 bits per heavy atom. The van der Waals surface area contributed by atoms with E-state index in [0.29, 0.717) is 37.7 Å². The lowest BCUT2D eigenvalue weighted by Gasteiger charge is -2.35. The predicted octanol–water partition coefficient (Wildman–Crippen LogP) is 2.29. The summed E-state index contributed by atoms with van der Waals surface area (Å²) in [7, 11) is 1.57. The van der Waals surface area contributed by atoms with Gasteiger partial charge in [0.05, 0.1) is 20.1 Å². The van der Waals surface area contributed by atoms with E-state index in [1.54, 1.807) is 65.4 Å². The van der Waals surface area contributed by atoms with Gasteiger partial charge in [-0.25, -0.2) is 9.59 Å². The number of carboxylic acid groups (broad SMARTS) is 1. The summed E-state index contributed by atoms with van der Waals surface area (Å²) in [5, 5.41) is 11.7. The molecule has 1 saturated heterocycles. The molecule has 204 valence electrons. The van der Waals surface area contributed by atoms with Crippen LogP contribution in [-0.4, -0.2) is 84.7 Å². The molecule has 2 aromatic rings. The number of nitrogens with one attached hydrogen (secondary N) is 1. The number of aliphatic carboxylic acids is 1. The van der Waals surface area contributed by atoms with E-state index in [2.05, 4.69) is 5.32 Å². The number of carbonyl (C=O) groups is 4. The van der Waals surface area contributed by atoms with Crippen LogP contribution in [-0.2, 0) is 25.7 Å². The lowest BCUT2D eigenvalue weighted by atomic mass is 10.1. The van der Waals surface area contributed by atoms with Crippen LogP contribution >= 0.6 is 0 Å². The molecule has 0 bridgehead atoms. The molecular weight excluding hydrogens is 494 g/mol. The van der Waals surface area contributed by atoms with Crippen molar-refractivity contribution in [2.75, 3.05) is 39.9 Å². The van der Waals surface area contributed by atoms with Gasteiger partial charge in [0.15, 0.2) is 0 Å². The Hall–Kier alpha value is -4.28. The molecular formula is C27H33N3O8. The van der Waals surface area contributed by atoms with Crippen LogP contribution in [0.4, 0.5) is 4.79 Å². The number of piperazine rings is 1. The monoisotopic (exact) mass is 527 g/mol. The van der Waals surface area contributed by atoms with Crippen molar-refractivity contribution in [2.45, 2.75) is 31.9 Å². The SMILES string of the molecule is COc1cccc(OCCC(=O)N2CCN(C(=O)CC[C@H](NC(=O)OCc3ccccc3)C(=O)O)CC2)c1. The number of nitrogens with zero attached hydrogens (tertiary/aromatic N) is 2. The van der Waals surface area contributed by atoms with E-state index in [-0.39, 0.29) is 44.3 Å². The second-order valence-electron chi connectivity index (χ2n) is 8.67. The number of alkyl carbamates (subject to hydrolysis) is 1. The summed E-state index contributed by atoms with van der Waals surface area (Å²) < 4.78 is 15.8. The van der Waals surface area contributed by atoms with Crippen LogP contribution in [0.5, 0.6) is 11.5 Å². The van der Waals surface area contributed by atoms with Gasteiger partial charge in [-0.2, -0.15) is 0 Å². The number of methoxy groups -OCH3 is 1. The van der Waals surface area contributed by atoms with E-state index in [1.165, 1.54) is 0 Å². The van der Waals surface area contributed by atoms with Gasteiger partial charge in [-0.05, 0) is 24.1 Å². The van der Waals surface area contributed by atoms with Crippen LogP contribution in [0.25, 0.3) is 0 Å². The third-order valence-electron chi connectivity index (χ3n) is 6.06. The lowest BCUT2D eigenvalue weighted by molar-refractivity contribution is -0.141. The molecule has 1 fully saturated rings. The Bertz CT molecular complexity index is 1090. The molecule has 2 aromatic carbocycles. The van der Waals surface area contributed by atoms with Crippen molar-refractivity contribution >= 4 is 23.9 Å². The van der Waals surface area contributed by atoms with Gasteiger partial charge in [-0.15, -0.1) is 0 Å². The second-order valence-corrected chi connectivity index (χ2v) is 8.67. The molecule has 3 amide bonds. The maximum atomic E-state index is 12.6. The molecule has 0 unspecified atom stereocenters. The lowest BCUT2D eigenvalue weighted by Crippen LogP contribution is -2.51. The van der Waals surface area contributed by atoms with E-state index in [4.69, 9.17) is 14.2 Å². The maximum absolute atomic E-state index is 12.6. The summed E-state index contributed by atoms with van der Waals surface area (Å²) >= 11 is 0. The molecule has 11 nitrogen and oxygen atoms in total. The smallest absolute Gasteiger partial charge is 0.408 e. The third-order valence-corrected chi connectivity index (χ3v) is 6.06. The van der Waals surface area contributed by atoms with Gasteiger partial charge in [0.2, 0.25) is 11.8 Å². The van der Waals surface area contributed by atoms with Gasteiger partial charge in [0.25, 0.3) is 0 Å². The van der Waals surface area contributed by atoms with Crippen molar-refractivity contribution < 1.29 is 38.5 Å². The first-order valence-corrected chi connectivity index (χ1v) is 12.4. The van der Waals surface area contributed by atoms with Crippen molar-refractivity contribution in [3.63, 3.8) is 0 Å². The van der Waals surface area contributed by atoms with Gasteiger partial charge in [-0.1, -0.05) is 36.4 Å². The highest BCUT2D eigenvalue weighted by Gasteiger charge is 2.26. The number of ether oxygens (including phenoxy) is 3.